The highest BCUT2D eigenvalue weighted by molar-refractivity contribution is 5.71. The van der Waals surface area contributed by atoms with Crippen LogP contribution in [0.1, 0.15) is 11.1 Å². The van der Waals surface area contributed by atoms with Crippen molar-refractivity contribution in [2.24, 2.45) is 5.73 Å². The van der Waals surface area contributed by atoms with Crippen LogP contribution in [0.2, 0.25) is 0 Å². The Morgan fingerprint density at radius 3 is 2.20 bits per heavy atom. The summed E-state index contributed by atoms with van der Waals surface area (Å²) in [5, 5.41) is 18.7. The molecule has 0 radical (unpaired) electrons. The van der Waals surface area contributed by atoms with Crippen LogP contribution in [0.4, 0.5) is 13.2 Å². The summed E-state index contributed by atoms with van der Waals surface area (Å²) < 4.78 is 38.2. The third-order valence-corrected chi connectivity index (χ3v) is 2.94. The van der Waals surface area contributed by atoms with Crippen LogP contribution in [-0.2, 0) is 12.7 Å². The summed E-state index contributed by atoms with van der Waals surface area (Å²) in [6.07, 6.45) is -4.46. The fourth-order valence-corrected chi connectivity index (χ4v) is 1.89. The zero-order valence-electron chi connectivity index (χ0n) is 10.3. The van der Waals surface area contributed by atoms with E-state index in [0.29, 0.717) is 11.1 Å². The van der Waals surface area contributed by atoms with E-state index in [1.165, 1.54) is 24.3 Å². The number of hydrogen-bond donors (Lipinski definition) is 3. The van der Waals surface area contributed by atoms with E-state index in [1.54, 1.807) is 0 Å². The van der Waals surface area contributed by atoms with Gasteiger partial charge < -0.3 is 15.9 Å². The predicted molar refractivity (Wildman–Crippen MR) is 68.1 cm³/mol. The molecule has 0 amide bonds. The Kier molecular flexibility index (Phi) is 3.59. The third kappa shape index (κ3) is 2.70. The maximum Gasteiger partial charge on any atom is 0.416 e. The lowest BCUT2D eigenvalue weighted by molar-refractivity contribution is -0.137. The average molecular weight is 283 g/mol. The van der Waals surface area contributed by atoms with Crippen LogP contribution in [0, 0.1) is 0 Å². The summed E-state index contributed by atoms with van der Waals surface area (Å²) in [5.74, 6) is -0.738. The maximum atomic E-state index is 12.7. The fourth-order valence-electron chi connectivity index (χ4n) is 1.89. The van der Waals surface area contributed by atoms with Gasteiger partial charge in [-0.15, -0.1) is 0 Å². The quantitative estimate of drug-likeness (QED) is 0.741. The first kappa shape index (κ1) is 14.2. The Labute approximate surface area is 113 Å². The van der Waals surface area contributed by atoms with E-state index >= 15 is 0 Å². The molecule has 0 fully saturated rings. The van der Waals surface area contributed by atoms with Crippen LogP contribution >= 0.6 is 0 Å². The van der Waals surface area contributed by atoms with Gasteiger partial charge in [-0.25, -0.2) is 0 Å². The van der Waals surface area contributed by atoms with Gasteiger partial charge in [-0.05, 0) is 41.0 Å². The molecule has 0 atom stereocenters. The Balaban J connectivity index is 2.61. The number of alkyl halides is 3. The van der Waals surface area contributed by atoms with Gasteiger partial charge >= 0.3 is 6.18 Å². The first-order valence-corrected chi connectivity index (χ1v) is 5.75. The number of phenols is 2. The molecule has 0 saturated heterocycles. The highest BCUT2D eigenvalue weighted by atomic mass is 19.4. The summed E-state index contributed by atoms with van der Waals surface area (Å²) in [6, 6.07) is 7.08. The van der Waals surface area contributed by atoms with Gasteiger partial charge in [0, 0.05) is 6.54 Å². The van der Waals surface area contributed by atoms with Crippen molar-refractivity contribution in [3.63, 3.8) is 0 Å². The minimum absolute atomic E-state index is 0.0646. The monoisotopic (exact) mass is 283 g/mol. The van der Waals surface area contributed by atoms with Gasteiger partial charge in [-0.2, -0.15) is 13.2 Å². The Bertz CT molecular complexity index is 639. The number of hydrogen-bond acceptors (Lipinski definition) is 3. The minimum atomic E-state index is -4.46. The van der Waals surface area contributed by atoms with E-state index in [1.807, 2.05) is 0 Å². The first-order valence-electron chi connectivity index (χ1n) is 5.75. The topological polar surface area (TPSA) is 66.5 Å². The Hall–Kier alpha value is -2.21. The summed E-state index contributed by atoms with van der Waals surface area (Å²) in [5.41, 5.74) is 5.87. The molecule has 2 rings (SSSR count). The van der Waals surface area contributed by atoms with Crippen molar-refractivity contribution in [2.75, 3.05) is 0 Å². The first-order chi connectivity index (χ1) is 9.32. The van der Waals surface area contributed by atoms with Gasteiger partial charge in [0.25, 0.3) is 0 Å². The van der Waals surface area contributed by atoms with Crippen molar-refractivity contribution >= 4 is 0 Å². The number of nitrogens with two attached hydrogens (primary N) is 1. The van der Waals surface area contributed by atoms with Gasteiger partial charge in [-0.1, -0.05) is 12.1 Å². The fraction of sp³-hybridized carbons (Fsp3) is 0.143. The van der Waals surface area contributed by atoms with Crippen LogP contribution in [0.15, 0.2) is 36.4 Å². The summed E-state index contributed by atoms with van der Waals surface area (Å²) >= 11 is 0. The normalized spacial score (nSPS) is 11.6. The SMILES string of the molecule is NCc1ccc(C(F)(F)F)cc1-c1ccc(O)c(O)c1. The van der Waals surface area contributed by atoms with Crippen LogP contribution in [0.5, 0.6) is 11.5 Å². The van der Waals surface area contributed by atoms with Gasteiger partial charge in [0.15, 0.2) is 11.5 Å². The predicted octanol–water partition coefficient (Wildman–Crippen LogP) is 3.24. The smallest absolute Gasteiger partial charge is 0.416 e. The van der Waals surface area contributed by atoms with Gasteiger partial charge in [0.2, 0.25) is 0 Å². The van der Waals surface area contributed by atoms with Gasteiger partial charge in [-0.3, -0.25) is 0 Å². The van der Waals surface area contributed by atoms with E-state index in [4.69, 9.17) is 5.73 Å². The zero-order chi connectivity index (χ0) is 14.9. The van der Waals surface area contributed by atoms with Crippen LogP contribution < -0.4 is 5.73 Å². The zero-order valence-corrected chi connectivity index (χ0v) is 10.3. The van der Waals surface area contributed by atoms with E-state index in [0.717, 1.165) is 12.1 Å². The maximum absolute atomic E-state index is 12.7. The molecule has 0 aliphatic rings. The third-order valence-electron chi connectivity index (χ3n) is 2.94. The number of benzene rings is 2. The Morgan fingerprint density at radius 2 is 1.65 bits per heavy atom. The second-order valence-corrected chi connectivity index (χ2v) is 4.28. The molecular weight excluding hydrogens is 271 g/mol. The van der Waals surface area contributed by atoms with Crippen LogP contribution in [-0.4, -0.2) is 10.2 Å². The van der Waals surface area contributed by atoms with Gasteiger partial charge in [0.05, 0.1) is 5.56 Å². The second-order valence-electron chi connectivity index (χ2n) is 4.28. The Morgan fingerprint density at radius 1 is 0.950 bits per heavy atom. The minimum Gasteiger partial charge on any atom is -0.504 e. The lowest BCUT2D eigenvalue weighted by Crippen LogP contribution is -2.07. The number of phenolic OH excluding ortho intramolecular Hbond substituents is 2. The molecule has 4 N–H and O–H groups in total. The standard InChI is InChI=1S/C14H12F3NO2/c15-14(16,17)10-3-1-9(7-18)11(6-10)8-2-4-12(19)13(20)5-8/h1-6,19-20H,7,18H2. The molecule has 0 unspecified atom stereocenters. The molecular formula is C14H12F3NO2. The average Bonchev–Trinajstić information content (AvgIpc) is 2.40. The molecule has 6 heteroatoms. The molecule has 0 aliphatic carbocycles. The summed E-state index contributed by atoms with van der Waals surface area (Å²) in [4.78, 5) is 0. The molecule has 3 nitrogen and oxygen atoms in total. The highest BCUT2D eigenvalue weighted by Gasteiger charge is 2.31. The molecule has 2 aromatic carbocycles. The van der Waals surface area contributed by atoms with Crippen molar-refractivity contribution in [3.05, 3.63) is 47.5 Å². The van der Waals surface area contributed by atoms with Crippen molar-refractivity contribution in [1.29, 1.82) is 0 Å². The number of halogens is 3. The number of aromatic hydroxyl groups is 2. The van der Waals surface area contributed by atoms with Crippen molar-refractivity contribution < 1.29 is 23.4 Å². The van der Waals surface area contributed by atoms with Crippen molar-refractivity contribution in [3.8, 4) is 22.6 Å². The van der Waals surface area contributed by atoms with E-state index < -0.39 is 17.5 Å². The second kappa shape index (κ2) is 5.05. The molecule has 20 heavy (non-hydrogen) atoms. The largest absolute Gasteiger partial charge is 0.504 e. The van der Waals surface area contributed by atoms with Crippen LogP contribution in [0.3, 0.4) is 0 Å². The molecule has 2 aromatic rings. The summed E-state index contributed by atoms with van der Waals surface area (Å²) in [7, 11) is 0. The molecule has 106 valence electrons. The molecule has 0 aliphatic heterocycles. The van der Waals surface area contributed by atoms with E-state index in [9.17, 15) is 23.4 Å². The van der Waals surface area contributed by atoms with Crippen molar-refractivity contribution in [1.82, 2.24) is 0 Å². The van der Waals surface area contributed by atoms with Gasteiger partial charge in [0.1, 0.15) is 0 Å². The number of rotatable bonds is 2. The molecule has 0 heterocycles. The highest BCUT2D eigenvalue weighted by Crippen LogP contribution is 2.36. The van der Waals surface area contributed by atoms with E-state index in [2.05, 4.69) is 0 Å². The lowest BCUT2D eigenvalue weighted by Gasteiger charge is -2.13. The van der Waals surface area contributed by atoms with Crippen molar-refractivity contribution in [2.45, 2.75) is 12.7 Å². The van der Waals surface area contributed by atoms with Crippen LogP contribution in [0.25, 0.3) is 11.1 Å². The molecule has 0 aromatic heterocycles. The molecule has 0 bridgehead atoms. The summed E-state index contributed by atoms with van der Waals surface area (Å²) in [6.45, 7) is 0.0646. The molecule has 0 saturated carbocycles. The molecule has 0 spiro atoms. The lowest BCUT2D eigenvalue weighted by atomic mass is 9.96. The van der Waals surface area contributed by atoms with E-state index in [-0.39, 0.29) is 17.9 Å².